The fourth-order valence-corrected chi connectivity index (χ4v) is 6.01. The Morgan fingerprint density at radius 1 is 1.00 bits per heavy atom. The maximum absolute atomic E-state index is 13.9. The average molecular weight is 453 g/mol. The third-order valence-corrected chi connectivity index (χ3v) is 7.54. The molecule has 1 aromatic heterocycles. The van der Waals surface area contributed by atoms with E-state index in [-0.39, 0.29) is 17.9 Å². The number of fused-ring (bicyclic) bond motifs is 4. The van der Waals surface area contributed by atoms with Gasteiger partial charge in [0.25, 0.3) is 0 Å². The van der Waals surface area contributed by atoms with Crippen molar-refractivity contribution in [1.29, 1.82) is 0 Å². The van der Waals surface area contributed by atoms with Crippen LogP contribution in [-0.4, -0.2) is 33.8 Å². The van der Waals surface area contributed by atoms with Crippen LogP contribution in [0.1, 0.15) is 39.9 Å². The molecule has 4 nitrogen and oxygen atoms in total. The van der Waals surface area contributed by atoms with Crippen molar-refractivity contribution in [2.75, 3.05) is 7.11 Å². The topological polar surface area (TPSA) is 45.3 Å². The third kappa shape index (κ3) is 2.96. The molecular weight excluding hydrogens is 428 g/mol. The van der Waals surface area contributed by atoms with Gasteiger partial charge < -0.3 is 14.6 Å². The van der Waals surface area contributed by atoms with Gasteiger partial charge in [0.2, 0.25) is 0 Å². The molecule has 1 saturated heterocycles. The Hall–Kier alpha value is -3.44. The molecule has 33 heavy (non-hydrogen) atoms. The summed E-state index contributed by atoms with van der Waals surface area (Å²) in [5.74, 6) is 0.371. The SMILES string of the molecule is COc1ccccc1[C@@H]1C(=O)[C@@H]2Cc3c([nH]c4ccccc34)[C@H](c3ccc(C)cc3)N2C1=S. The molecule has 5 heteroatoms. The summed E-state index contributed by atoms with van der Waals surface area (Å²) in [6, 6.07) is 24.2. The molecule has 0 aliphatic carbocycles. The number of thiocarbonyl (C=S) groups is 1. The van der Waals surface area contributed by atoms with Gasteiger partial charge in [0, 0.05) is 28.6 Å². The van der Waals surface area contributed by atoms with Crippen molar-refractivity contribution in [2.24, 2.45) is 0 Å². The number of hydrogen-bond donors (Lipinski definition) is 1. The van der Waals surface area contributed by atoms with Gasteiger partial charge in [0.15, 0.2) is 5.78 Å². The number of para-hydroxylation sites is 2. The van der Waals surface area contributed by atoms with Gasteiger partial charge in [-0.1, -0.05) is 78.4 Å². The summed E-state index contributed by atoms with van der Waals surface area (Å²) in [5, 5.41) is 1.18. The number of ketones is 1. The van der Waals surface area contributed by atoms with E-state index in [1.165, 1.54) is 16.5 Å². The molecular formula is C28H24N2O2S. The normalized spacial score (nSPS) is 21.9. The van der Waals surface area contributed by atoms with E-state index in [9.17, 15) is 4.79 Å². The number of aryl methyl sites for hydroxylation is 1. The Labute approximate surface area is 198 Å². The number of benzene rings is 3. The minimum atomic E-state index is -0.482. The summed E-state index contributed by atoms with van der Waals surface area (Å²) >= 11 is 6.05. The molecule has 3 atom stereocenters. The highest BCUT2D eigenvalue weighted by atomic mass is 32.1. The second kappa shape index (κ2) is 7.56. The second-order valence-corrected chi connectivity index (χ2v) is 9.34. The van der Waals surface area contributed by atoms with Crippen LogP contribution in [0, 0.1) is 6.92 Å². The van der Waals surface area contributed by atoms with Crippen molar-refractivity contribution in [3.8, 4) is 5.75 Å². The number of aromatic amines is 1. The Bertz CT molecular complexity index is 1410. The molecule has 1 N–H and O–H groups in total. The van der Waals surface area contributed by atoms with E-state index in [4.69, 9.17) is 17.0 Å². The first-order chi connectivity index (χ1) is 16.1. The van der Waals surface area contributed by atoms with Crippen molar-refractivity contribution in [1.82, 2.24) is 9.88 Å². The predicted octanol–water partition coefficient (Wildman–Crippen LogP) is 5.49. The first-order valence-corrected chi connectivity index (χ1v) is 11.6. The van der Waals surface area contributed by atoms with Crippen LogP contribution in [0.25, 0.3) is 10.9 Å². The fraction of sp³-hybridized carbons (Fsp3) is 0.214. The molecule has 2 aliphatic rings. The largest absolute Gasteiger partial charge is 0.496 e. The minimum absolute atomic E-state index is 0.136. The van der Waals surface area contributed by atoms with E-state index in [0.717, 1.165) is 22.3 Å². The number of carbonyl (C=O) groups excluding carboxylic acids is 1. The molecule has 4 aromatic rings. The van der Waals surface area contributed by atoms with Crippen LogP contribution in [0.4, 0.5) is 0 Å². The number of ether oxygens (including phenoxy) is 1. The summed E-state index contributed by atoms with van der Waals surface area (Å²) in [7, 11) is 1.64. The van der Waals surface area contributed by atoms with Crippen LogP contribution < -0.4 is 4.74 Å². The highest BCUT2D eigenvalue weighted by molar-refractivity contribution is 7.80. The molecule has 0 spiro atoms. The number of rotatable bonds is 3. The number of H-pyrrole nitrogens is 1. The zero-order chi connectivity index (χ0) is 22.7. The van der Waals surface area contributed by atoms with E-state index in [0.29, 0.717) is 17.2 Å². The lowest BCUT2D eigenvalue weighted by molar-refractivity contribution is -0.121. The van der Waals surface area contributed by atoms with Crippen molar-refractivity contribution in [3.63, 3.8) is 0 Å². The molecule has 0 radical (unpaired) electrons. The Balaban J connectivity index is 1.55. The second-order valence-electron chi connectivity index (χ2n) is 8.92. The lowest BCUT2D eigenvalue weighted by Crippen LogP contribution is -2.43. The summed E-state index contributed by atoms with van der Waals surface area (Å²) in [5.41, 5.74) is 6.63. The molecule has 0 amide bonds. The summed E-state index contributed by atoms with van der Waals surface area (Å²) in [4.78, 5) is 20.4. The number of Topliss-reactive ketones (excluding diaryl/α,β-unsaturated/α-hetero) is 1. The highest BCUT2D eigenvalue weighted by Gasteiger charge is 2.52. The number of methoxy groups -OCH3 is 1. The molecule has 6 rings (SSSR count). The van der Waals surface area contributed by atoms with Crippen LogP contribution in [-0.2, 0) is 11.2 Å². The Kier molecular flexibility index (Phi) is 4.63. The molecule has 3 aromatic carbocycles. The standard InChI is InChI=1S/C28H24N2O2S/c1-16-11-13-17(14-12-16)26-25-20(18-7-3-5-9-21(18)29-25)15-22-27(31)24(28(33)30(22)26)19-8-4-6-10-23(19)32-2/h3-14,22,24,26,29H,15H2,1-2H3/t22-,24+,26-/m0/s1. The maximum atomic E-state index is 13.9. The third-order valence-electron chi connectivity index (χ3n) is 7.09. The number of hydrogen-bond acceptors (Lipinski definition) is 3. The highest BCUT2D eigenvalue weighted by Crippen LogP contribution is 2.48. The van der Waals surface area contributed by atoms with Gasteiger partial charge in [-0.15, -0.1) is 0 Å². The first-order valence-electron chi connectivity index (χ1n) is 11.2. The van der Waals surface area contributed by atoms with Crippen molar-refractivity contribution >= 4 is 33.9 Å². The molecule has 0 saturated carbocycles. The van der Waals surface area contributed by atoms with Gasteiger partial charge in [0.05, 0.1) is 30.1 Å². The predicted molar refractivity (Wildman–Crippen MR) is 134 cm³/mol. The van der Waals surface area contributed by atoms with Crippen LogP contribution in [0.15, 0.2) is 72.8 Å². The van der Waals surface area contributed by atoms with Gasteiger partial charge in [-0.3, -0.25) is 4.79 Å². The van der Waals surface area contributed by atoms with E-state index in [1.54, 1.807) is 7.11 Å². The molecule has 1 fully saturated rings. The minimum Gasteiger partial charge on any atom is -0.496 e. The van der Waals surface area contributed by atoms with Crippen LogP contribution in [0.2, 0.25) is 0 Å². The quantitative estimate of drug-likeness (QED) is 0.417. The summed E-state index contributed by atoms with van der Waals surface area (Å²) < 4.78 is 5.60. The summed E-state index contributed by atoms with van der Waals surface area (Å²) in [6.07, 6.45) is 0.645. The zero-order valence-electron chi connectivity index (χ0n) is 18.5. The molecule has 2 aliphatic heterocycles. The number of nitrogens with one attached hydrogen (secondary N) is 1. The van der Waals surface area contributed by atoms with E-state index >= 15 is 0 Å². The van der Waals surface area contributed by atoms with Crippen LogP contribution >= 0.6 is 12.2 Å². The summed E-state index contributed by atoms with van der Waals surface area (Å²) in [6.45, 7) is 2.09. The van der Waals surface area contributed by atoms with E-state index in [2.05, 4.69) is 59.3 Å². The molecule has 3 heterocycles. The Morgan fingerprint density at radius 3 is 2.52 bits per heavy atom. The molecule has 0 bridgehead atoms. The van der Waals surface area contributed by atoms with Crippen molar-refractivity contribution in [2.45, 2.75) is 31.3 Å². The van der Waals surface area contributed by atoms with Gasteiger partial charge in [-0.2, -0.15) is 0 Å². The molecule has 0 unspecified atom stereocenters. The monoisotopic (exact) mass is 452 g/mol. The maximum Gasteiger partial charge on any atom is 0.169 e. The van der Waals surface area contributed by atoms with Crippen LogP contribution in [0.5, 0.6) is 5.75 Å². The zero-order valence-corrected chi connectivity index (χ0v) is 19.4. The number of aromatic nitrogens is 1. The van der Waals surface area contributed by atoms with Crippen LogP contribution in [0.3, 0.4) is 0 Å². The van der Waals surface area contributed by atoms with E-state index in [1.807, 2.05) is 30.3 Å². The number of nitrogens with zero attached hydrogens (tertiary/aromatic N) is 1. The average Bonchev–Trinajstić information content (AvgIpc) is 3.33. The first kappa shape index (κ1) is 20.2. The lowest BCUT2D eigenvalue weighted by atomic mass is 9.87. The van der Waals surface area contributed by atoms with Gasteiger partial charge in [-0.05, 0) is 30.2 Å². The Morgan fingerprint density at radius 2 is 1.73 bits per heavy atom. The smallest absolute Gasteiger partial charge is 0.169 e. The van der Waals surface area contributed by atoms with E-state index < -0.39 is 5.92 Å². The molecule has 164 valence electrons. The van der Waals surface area contributed by atoms with Gasteiger partial charge in [-0.25, -0.2) is 0 Å². The van der Waals surface area contributed by atoms with Gasteiger partial charge >= 0.3 is 0 Å². The van der Waals surface area contributed by atoms with Crippen molar-refractivity contribution in [3.05, 3.63) is 101 Å². The number of carbonyl (C=O) groups is 1. The van der Waals surface area contributed by atoms with Gasteiger partial charge in [0.1, 0.15) is 5.75 Å². The van der Waals surface area contributed by atoms with Crippen molar-refractivity contribution < 1.29 is 9.53 Å². The fourth-order valence-electron chi connectivity index (χ4n) is 5.53. The lowest BCUT2D eigenvalue weighted by Gasteiger charge is -2.38.